The Balaban J connectivity index is 1.93. The highest BCUT2D eigenvalue weighted by Crippen LogP contribution is 2.40. The molecule has 2 aliphatic rings. The predicted molar refractivity (Wildman–Crippen MR) is 105 cm³/mol. The van der Waals surface area contributed by atoms with Crippen LogP contribution in [-0.2, 0) is 13.0 Å². The van der Waals surface area contributed by atoms with Crippen molar-refractivity contribution in [2.24, 2.45) is 0 Å². The number of fused-ring (bicyclic) bond motifs is 4. The summed E-state index contributed by atoms with van der Waals surface area (Å²) in [4.78, 5) is 2.61. The van der Waals surface area contributed by atoms with E-state index in [1.807, 2.05) is 6.08 Å². The van der Waals surface area contributed by atoms with Crippen molar-refractivity contribution in [3.05, 3.63) is 41.0 Å². The van der Waals surface area contributed by atoms with Gasteiger partial charge in [0.2, 0.25) is 0 Å². The molecule has 0 bridgehead atoms. The summed E-state index contributed by atoms with van der Waals surface area (Å²) in [7, 11) is 3.36. The monoisotopic (exact) mass is 353 g/mol. The number of ether oxygens (including phenoxy) is 2. The lowest BCUT2D eigenvalue weighted by Crippen LogP contribution is -2.35. The van der Waals surface area contributed by atoms with Crippen molar-refractivity contribution in [1.29, 1.82) is 0 Å². The molecule has 1 fully saturated rings. The van der Waals surface area contributed by atoms with Crippen LogP contribution in [0.15, 0.2) is 24.3 Å². The van der Waals surface area contributed by atoms with E-state index in [9.17, 15) is 5.11 Å². The van der Waals surface area contributed by atoms with Gasteiger partial charge in [-0.05, 0) is 78.4 Å². The summed E-state index contributed by atoms with van der Waals surface area (Å²) < 4.78 is 11.1. The Morgan fingerprint density at radius 2 is 1.92 bits per heavy atom. The molecule has 0 aromatic heterocycles. The van der Waals surface area contributed by atoms with Crippen LogP contribution in [0.4, 0.5) is 0 Å². The largest absolute Gasteiger partial charge is 0.493 e. The van der Waals surface area contributed by atoms with Gasteiger partial charge in [-0.25, -0.2) is 0 Å². The highest BCUT2D eigenvalue weighted by molar-refractivity contribution is 5.92. The van der Waals surface area contributed by atoms with Gasteiger partial charge in [0.05, 0.1) is 20.3 Å². The van der Waals surface area contributed by atoms with Crippen LogP contribution in [0.3, 0.4) is 0 Å². The lowest BCUT2D eigenvalue weighted by atomic mass is 9.86. The first kappa shape index (κ1) is 17.4. The molecule has 26 heavy (non-hydrogen) atoms. The molecule has 2 heterocycles. The van der Waals surface area contributed by atoms with Crippen molar-refractivity contribution >= 4 is 16.8 Å². The van der Waals surface area contributed by atoms with Gasteiger partial charge in [0, 0.05) is 12.6 Å². The maximum atomic E-state index is 9.70. The number of hydrogen-bond donors (Lipinski definition) is 1. The van der Waals surface area contributed by atoms with E-state index in [1.54, 1.807) is 21.1 Å². The first-order chi connectivity index (χ1) is 12.6. The summed E-state index contributed by atoms with van der Waals surface area (Å²) in [6.45, 7) is 3.96. The van der Waals surface area contributed by atoms with Crippen molar-refractivity contribution in [1.82, 2.24) is 4.90 Å². The highest BCUT2D eigenvalue weighted by Gasteiger charge is 2.32. The van der Waals surface area contributed by atoms with Gasteiger partial charge in [-0.2, -0.15) is 0 Å². The van der Waals surface area contributed by atoms with E-state index in [1.165, 1.54) is 41.5 Å². The summed E-state index contributed by atoms with van der Waals surface area (Å²) in [5.74, 6) is 1.53. The van der Waals surface area contributed by atoms with E-state index in [2.05, 4.69) is 29.2 Å². The van der Waals surface area contributed by atoms with Crippen LogP contribution >= 0.6 is 0 Å². The Labute approximate surface area is 155 Å². The smallest absolute Gasteiger partial charge is 0.161 e. The molecule has 2 aromatic carbocycles. The zero-order chi connectivity index (χ0) is 18.3. The number of benzene rings is 2. The number of rotatable bonds is 4. The van der Waals surface area contributed by atoms with Crippen LogP contribution < -0.4 is 9.47 Å². The molecule has 2 unspecified atom stereocenters. The molecule has 2 atom stereocenters. The van der Waals surface area contributed by atoms with Gasteiger partial charge in [0.15, 0.2) is 11.5 Å². The van der Waals surface area contributed by atoms with Crippen LogP contribution in [-0.4, -0.2) is 42.9 Å². The third kappa shape index (κ3) is 2.97. The van der Waals surface area contributed by atoms with E-state index < -0.39 is 6.10 Å². The molecule has 0 radical (unpaired) electrons. The maximum absolute atomic E-state index is 9.70. The van der Waals surface area contributed by atoms with Crippen LogP contribution in [0.25, 0.3) is 16.8 Å². The van der Waals surface area contributed by atoms with Gasteiger partial charge in [0.1, 0.15) is 0 Å². The van der Waals surface area contributed by atoms with Crippen molar-refractivity contribution < 1.29 is 14.6 Å². The zero-order valence-electron chi connectivity index (χ0n) is 15.8. The molecule has 2 aliphatic heterocycles. The molecule has 138 valence electrons. The number of methoxy groups -OCH3 is 2. The molecule has 0 aliphatic carbocycles. The average molecular weight is 353 g/mol. The van der Waals surface area contributed by atoms with E-state index in [0.717, 1.165) is 29.9 Å². The normalized spacial score (nSPS) is 21.0. The van der Waals surface area contributed by atoms with Crippen LogP contribution in [0.5, 0.6) is 11.5 Å². The number of aliphatic hydroxyl groups is 1. The topological polar surface area (TPSA) is 41.9 Å². The second kappa shape index (κ2) is 6.93. The molecule has 0 saturated carbocycles. The van der Waals surface area contributed by atoms with Crippen LogP contribution in [0.1, 0.15) is 36.5 Å². The summed E-state index contributed by atoms with van der Waals surface area (Å²) in [5, 5.41) is 12.1. The highest BCUT2D eigenvalue weighted by atomic mass is 16.5. The van der Waals surface area contributed by atoms with Gasteiger partial charge in [-0.1, -0.05) is 12.2 Å². The molecule has 1 saturated heterocycles. The third-order valence-corrected chi connectivity index (χ3v) is 5.76. The first-order valence-corrected chi connectivity index (χ1v) is 9.41. The molecular formula is C22H27NO3. The van der Waals surface area contributed by atoms with Crippen molar-refractivity contribution in [2.75, 3.05) is 20.8 Å². The van der Waals surface area contributed by atoms with E-state index >= 15 is 0 Å². The summed E-state index contributed by atoms with van der Waals surface area (Å²) >= 11 is 0. The lowest BCUT2D eigenvalue weighted by molar-refractivity contribution is 0.228. The van der Waals surface area contributed by atoms with Gasteiger partial charge in [0.25, 0.3) is 0 Å². The standard InChI is InChI=1S/C22H27NO3/c1-14(24)6-7-15-9-16-10-21(25-2)22(26-3)12-18(16)19-11-17-5-4-8-23(17)13-20(15)19/h6-7,9-10,12,14,17,24H,4-5,8,11,13H2,1-3H3/b7-6+. The predicted octanol–water partition coefficient (Wildman–Crippen LogP) is 3.77. The van der Waals surface area contributed by atoms with Crippen LogP contribution in [0, 0.1) is 0 Å². The first-order valence-electron chi connectivity index (χ1n) is 9.41. The second-order valence-electron chi connectivity index (χ2n) is 7.42. The number of nitrogens with zero attached hydrogens (tertiary/aromatic N) is 1. The van der Waals surface area contributed by atoms with Gasteiger partial charge < -0.3 is 14.6 Å². The van der Waals surface area contributed by atoms with Gasteiger partial charge in [-0.15, -0.1) is 0 Å². The van der Waals surface area contributed by atoms with Gasteiger partial charge >= 0.3 is 0 Å². The Hall–Kier alpha value is -2.04. The Kier molecular flexibility index (Phi) is 4.63. The molecule has 1 N–H and O–H groups in total. The summed E-state index contributed by atoms with van der Waals surface area (Å²) in [6, 6.07) is 7.05. The minimum atomic E-state index is -0.449. The minimum Gasteiger partial charge on any atom is -0.493 e. The quantitative estimate of drug-likeness (QED) is 0.908. The van der Waals surface area contributed by atoms with Crippen molar-refractivity contribution in [3.63, 3.8) is 0 Å². The summed E-state index contributed by atoms with van der Waals surface area (Å²) in [5.41, 5.74) is 4.02. The fraction of sp³-hybridized carbons (Fsp3) is 0.455. The molecule has 4 heteroatoms. The number of hydrogen-bond acceptors (Lipinski definition) is 4. The van der Waals surface area contributed by atoms with Crippen molar-refractivity contribution in [2.45, 2.75) is 44.9 Å². The maximum Gasteiger partial charge on any atom is 0.161 e. The molecule has 4 rings (SSSR count). The Bertz CT molecular complexity index is 856. The third-order valence-electron chi connectivity index (χ3n) is 5.76. The SMILES string of the molecule is COc1cc2cc(/C=C/C(C)O)c3c(c2cc1OC)CC1CCCN1C3. The molecule has 4 nitrogen and oxygen atoms in total. The Morgan fingerprint density at radius 3 is 2.65 bits per heavy atom. The fourth-order valence-corrected chi connectivity index (χ4v) is 4.45. The second-order valence-corrected chi connectivity index (χ2v) is 7.42. The van der Waals surface area contributed by atoms with E-state index in [4.69, 9.17) is 9.47 Å². The molecule has 0 amide bonds. The van der Waals surface area contributed by atoms with E-state index in [-0.39, 0.29) is 0 Å². The van der Waals surface area contributed by atoms with E-state index in [0.29, 0.717) is 6.04 Å². The lowest BCUT2D eigenvalue weighted by Gasteiger charge is -2.33. The summed E-state index contributed by atoms with van der Waals surface area (Å²) in [6.07, 6.45) is 7.12. The zero-order valence-corrected chi connectivity index (χ0v) is 15.8. The molecule has 0 spiro atoms. The van der Waals surface area contributed by atoms with Crippen molar-refractivity contribution in [3.8, 4) is 11.5 Å². The minimum absolute atomic E-state index is 0.449. The van der Waals surface area contributed by atoms with Gasteiger partial charge in [-0.3, -0.25) is 4.90 Å². The fourth-order valence-electron chi connectivity index (χ4n) is 4.45. The average Bonchev–Trinajstić information content (AvgIpc) is 3.10. The molecular weight excluding hydrogens is 326 g/mol. The molecule has 2 aromatic rings. The number of aliphatic hydroxyl groups excluding tert-OH is 1. The van der Waals surface area contributed by atoms with Crippen LogP contribution in [0.2, 0.25) is 0 Å². The Morgan fingerprint density at radius 1 is 1.15 bits per heavy atom.